The maximum atomic E-state index is 12.9. The van der Waals surface area contributed by atoms with Crippen LogP contribution >= 0.6 is 11.6 Å². The minimum Gasteiger partial charge on any atom is -0.330 e. The zero-order valence-electron chi connectivity index (χ0n) is 9.24. The van der Waals surface area contributed by atoms with Crippen LogP contribution in [-0.4, -0.2) is 6.54 Å². The Kier molecular flexibility index (Phi) is 3.77. The van der Waals surface area contributed by atoms with E-state index in [0.717, 1.165) is 11.1 Å². The van der Waals surface area contributed by atoms with E-state index in [-0.39, 0.29) is 11.7 Å². The number of halogens is 2. The summed E-state index contributed by atoms with van der Waals surface area (Å²) < 4.78 is 12.9. The highest BCUT2D eigenvalue weighted by atomic mass is 35.5. The van der Waals surface area contributed by atoms with E-state index in [9.17, 15) is 4.39 Å². The number of nitrogens with two attached hydrogens (primary N) is 1. The Hall–Kier alpha value is -1.38. The van der Waals surface area contributed by atoms with Crippen LogP contribution in [0.4, 0.5) is 4.39 Å². The molecule has 0 amide bonds. The van der Waals surface area contributed by atoms with Crippen molar-refractivity contribution in [3.8, 4) is 0 Å². The van der Waals surface area contributed by atoms with E-state index in [0.29, 0.717) is 11.6 Å². The van der Waals surface area contributed by atoms with Crippen molar-refractivity contribution in [2.75, 3.05) is 6.54 Å². The van der Waals surface area contributed by atoms with Crippen molar-refractivity contribution in [2.45, 2.75) is 5.92 Å². The molecule has 3 heteroatoms. The molecule has 17 heavy (non-hydrogen) atoms. The van der Waals surface area contributed by atoms with Crippen LogP contribution in [0.25, 0.3) is 0 Å². The molecule has 2 aromatic carbocycles. The van der Waals surface area contributed by atoms with E-state index in [1.54, 1.807) is 12.1 Å². The van der Waals surface area contributed by atoms with E-state index in [1.807, 2.05) is 24.3 Å². The molecule has 0 saturated heterocycles. The third kappa shape index (κ3) is 2.84. The Bertz CT molecular complexity index is 433. The largest absolute Gasteiger partial charge is 0.330 e. The molecular weight excluding hydrogens is 237 g/mol. The Balaban J connectivity index is 2.33. The van der Waals surface area contributed by atoms with Gasteiger partial charge >= 0.3 is 0 Å². The Morgan fingerprint density at radius 1 is 0.941 bits per heavy atom. The zero-order chi connectivity index (χ0) is 12.3. The van der Waals surface area contributed by atoms with E-state index in [4.69, 9.17) is 17.3 Å². The lowest BCUT2D eigenvalue weighted by Crippen LogP contribution is -2.13. The quantitative estimate of drug-likeness (QED) is 0.884. The van der Waals surface area contributed by atoms with Gasteiger partial charge in [-0.25, -0.2) is 4.39 Å². The summed E-state index contributed by atoms with van der Waals surface area (Å²) >= 11 is 5.85. The maximum Gasteiger partial charge on any atom is 0.123 e. The molecule has 0 fully saturated rings. The number of hydrogen-bond donors (Lipinski definition) is 1. The number of rotatable bonds is 3. The van der Waals surface area contributed by atoms with Crippen LogP contribution in [0.1, 0.15) is 17.0 Å². The molecule has 0 saturated carbocycles. The second-order valence-electron chi connectivity index (χ2n) is 3.89. The van der Waals surface area contributed by atoms with Gasteiger partial charge in [-0.3, -0.25) is 0 Å². The molecule has 2 aromatic rings. The van der Waals surface area contributed by atoms with Crippen LogP contribution in [0, 0.1) is 5.82 Å². The van der Waals surface area contributed by atoms with Crippen LogP contribution < -0.4 is 5.73 Å². The van der Waals surface area contributed by atoms with Crippen LogP contribution in [0.15, 0.2) is 48.5 Å². The van der Waals surface area contributed by atoms with Crippen LogP contribution in [0.3, 0.4) is 0 Å². The summed E-state index contributed by atoms with van der Waals surface area (Å²) in [6, 6.07) is 14.0. The highest BCUT2D eigenvalue weighted by Gasteiger charge is 2.12. The third-order valence-electron chi connectivity index (χ3n) is 2.78. The molecule has 0 aromatic heterocycles. The first kappa shape index (κ1) is 12.1. The first-order valence-corrected chi connectivity index (χ1v) is 5.79. The van der Waals surface area contributed by atoms with Gasteiger partial charge in [-0.2, -0.15) is 0 Å². The van der Waals surface area contributed by atoms with Crippen LogP contribution in [0.5, 0.6) is 0 Å². The van der Waals surface area contributed by atoms with Gasteiger partial charge in [-0.1, -0.05) is 35.9 Å². The number of benzene rings is 2. The summed E-state index contributed by atoms with van der Waals surface area (Å²) in [4.78, 5) is 0. The monoisotopic (exact) mass is 249 g/mol. The predicted molar refractivity (Wildman–Crippen MR) is 68.7 cm³/mol. The lowest BCUT2D eigenvalue weighted by Gasteiger charge is -2.15. The molecule has 1 unspecified atom stereocenters. The standard InChI is InChI=1S/C14H13ClFN/c15-12-5-1-10(2-6-12)14(9-17)11-3-7-13(16)8-4-11/h1-8,14H,9,17H2. The van der Waals surface area contributed by atoms with Gasteiger partial charge in [0.25, 0.3) is 0 Å². The Morgan fingerprint density at radius 2 is 1.41 bits per heavy atom. The topological polar surface area (TPSA) is 26.0 Å². The highest BCUT2D eigenvalue weighted by Crippen LogP contribution is 2.25. The molecule has 2 rings (SSSR count). The molecule has 0 heterocycles. The van der Waals surface area contributed by atoms with E-state index < -0.39 is 0 Å². The first-order chi connectivity index (χ1) is 8.20. The van der Waals surface area contributed by atoms with Gasteiger partial charge in [-0.15, -0.1) is 0 Å². The predicted octanol–water partition coefficient (Wildman–Crippen LogP) is 3.57. The number of hydrogen-bond acceptors (Lipinski definition) is 1. The fraction of sp³-hybridized carbons (Fsp3) is 0.143. The second-order valence-corrected chi connectivity index (χ2v) is 4.33. The fourth-order valence-corrected chi connectivity index (χ4v) is 1.98. The molecule has 0 spiro atoms. The van der Waals surface area contributed by atoms with Crippen molar-refractivity contribution in [3.63, 3.8) is 0 Å². The smallest absolute Gasteiger partial charge is 0.123 e. The van der Waals surface area contributed by atoms with Crippen molar-refractivity contribution < 1.29 is 4.39 Å². The Morgan fingerprint density at radius 3 is 1.88 bits per heavy atom. The SMILES string of the molecule is NCC(c1ccc(F)cc1)c1ccc(Cl)cc1. The van der Waals surface area contributed by atoms with Crippen molar-refractivity contribution >= 4 is 11.6 Å². The van der Waals surface area contributed by atoms with Gasteiger partial charge in [0.05, 0.1) is 0 Å². The van der Waals surface area contributed by atoms with Crippen molar-refractivity contribution in [2.24, 2.45) is 5.73 Å². The Labute approximate surface area is 105 Å². The molecule has 0 radical (unpaired) electrons. The minimum atomic E-state index is -0.236. The van der Waals surface area contributed by atoms with Gasteiger partial charge in [-0.05, 0) is 35.4 Å². The summed E-state index contributed by atoms with van der Waals surface area (Å²) in [6.45, 7) is 0.479. The lowest BCUT2D eigenvalue weighted by molar-refractivity contribution is 0.626. The average Bonchev–Trinajstić information content (AvgIpc) is 2.35. The normalized spacial score (nSPS) is 12.4. The molecule has 2 N–H and O–H groups in total. The van der Waals surface area contributed by atoms with Gasteiger partial charge in [0.1, 0.15) is 5.82 Å². The summed E-state index contributed by atoms with van der Waals surface area (Å²) in [5.74, 6) is -0.159. The lowest BCUT2D eigenvalue weighted by atomic mass is 9.91. The van der Waals surface area contributed by atoms with E-state index in [2.05, 4.69) is 0 Å². The maximum absolute atomic E-state index is 12.9. The summed E-state index contributed by atoms with van der Waals surface area (Å²) in [6.07, 6.45) is 0. The third-order valence-corrected chi connectivity index (χ3v) is 3.03. The van der Waals surface area contributed by atoms with Gasteiger partial charge in [0.2, 0.25) is 0 Å². The molecule has 1 atom stereocenters. The van der Waals surface area contributed by atoms with E-state index >= 15 is 0 Å². The first-order valence-electron chi connectivity index (χ1n) is 5.41. The molecule has 0 aliphatic rings. The molecular formula is C14H13ClFN. The van der Waals surface area contributed by atoms with Crippen molar-refractivity contribution in [1.82, 2.24) is 0 Å². The van der Waals surface area contributed by atoms with E-state index in [1.165, 1.54) is 12.1 Å². The van der Waals surface area contributed by atoms with Crippen LogP contribution in [0.2, 0.25) is 5.02 Å². The fourth-order valence-electron chi connectivity index (χ4n) is 1.85. The minimum absolute atomic E-state index is 0.0767. The van der Waals surface area contributed by atoms with Crippen molar-refractivity contribution in [3.05, 3.63) is 70.5 Å². The van der Waals surface area contributed by atoms with Gasteiger partial charge in [0, 0.05) is 17.5 Å². The second kappa shape index (κ2) is 5.30. The molecule has 0 aliphatic carbocycles. The van der Waals surface area contributed by atoms with Crippen LogP contribution in [-0.2, 0) is 0 Å². The molecule has 1 nitrogen and oxygen atoms in total. The van der Waals surface area contributed by atoms with Gasteiger partial charge in [0.15, 0.2) is 0 Å². The van der Waals surface area contributed by atoms with Crippen molar-refractivity contribution in [1.29, 1.82) is 0 Å². The average molecular weight is 250 g/mol. The summed E-state index contributed by atoms with van der Waals surface area (Å²) in [5, 5.41) is 0.698. The highest BCUT2D eigenvalue weighted by molar-refractivity contribution is 6.30. The molecule has 0 bridgehead atoms. The van der Waals surface area contributed by atoms with Gasteiger partial charge < -0.3 is 5.73 Å². The summed E-state index contributed by atoms with van der Waals surface area (Å²) in [5.41, 5.74) is 7.88. The molecule has 88 valence electrons. The zero-order valence-corrected chi connectivity index (χ0v) is 9.99. The molecule has 0 aliphatic heterocycles. The summed E-state index contributed by atoms with van der Waals surface area (Å²) in [7, 11) is 0.